The van der Waals surface area contributed by atoms with Crippen LogP contribution >= 0.6 is 0 Å². The molecule has 2 rings (SSSR count). The molecule has 1 aromatic carbocycles. The number of aliphatic hydroxyl groups is 1. The maximum Gasteiger partial charge on any atom is 0.331 e. The fourth-order valence-electron chi connectivity index (χ4n) is 3.77. The molecule has 0 saturated heterocycles. The zero-order valence-corrected chi connectivity index (χ0v) is 15.4. The number of carbonyl (C=O) groups is 1. The van der Waals surface area contributed by atoms with Crippen LogP contribution in [0.3, 0.4) is 0 Å². The lowest BCUT2D eigenvalue weighted by Crippen LogP contribution is -2.20. The molecule has 0 radical (unpaired) electrons. The Morgan fingerprint density at radius 3 is 2.42 bits per heavy atom. The van der Waals surface area contributed by atoms with Crippen molar-refractivity contribution in [1.29, 1.82) is 0 Å². The summed E-state index contributed by atoms with van der Waals surface area (Å²) in [5, 5.41) is 40.4. The van der Waals surface area contributed by atoms with Crippen molar-refractivity contribution in [3.8, 4) is 11.5 Å². The number of hydrogen-bond donors (Lipinski definition) is 4. The second kappa shape index (κ2) is 8.41. The Kier molecular flexibility index (Phi) is 6.48. The van der Waals surface area contributed by atoms with E-state index >= 15 is 0 Å². The summed E-state index contributed by atoms with van der Waals surface area (Å²) in [7, 11) is 0. The molecule has 1 aromatic rings. The predicted octanol–water partition coefficient (Wildman–Crippen LogP) is 3.88. The smallest absolute Gasteiger partial charge is 0.331 e. The summed E-state index contributed by atoms with van der Waals surface area (Å²) in [6.45, 7) is 7.84. The highest BCUT2D eigenvalue weighted by Crippen LogP contribution is 2.46. The minimum absolute atomic E-state index is 0.0496. The van der Waals surface area contributed by atoms with Crippen molar-refractivity contribution in [3.05, 3.63) is 47.1 Å². The largest absolute Gasteiger partial charge is 0.507 e. The van der Waals surface area contributed by atoms with Crippen molar-refractivity contribution in [3.63, 3.8) is 0 Å². The monoisotopic (exact) mass is 360 g/mol. The Bertz CT molecular complexity index is 696. The van der Waals surface area contributed by atoms with Gasteiger partial charge >= 0.3 is 5.97 Å². The highest BCUT2D eigenvalue weighted by atomic mass is 16.4. The number of phenols is 2. The summed E-state index contributed by atoms with van der Waals surface area (Å²) in [6.07, 6.45) is 3.98. The highest BCUT2D eigenvalue weighted by Gasteiger charge is 2.32. The molecule has 5 nitrogen and oxygen atoms in total. The molecule has 0 amide bonds. The van der Waals surface area contributed by atoms with E-state index in [0.29, 0.717) is 36.8 Å². The number of aliphatic carboxylic acids is 1. The van der Waals surface area contributed by atoms with Gasteiger partial charge in [-0.2, -0.15) is 0 Å². The van der Waals surface area contributed by atoms with E-state index in [1.165, 1.54) is 0 Å². The Morgan fingerprint density at radius 2 is 1.92 bits per heavy atom. The molecule has 0 saturated carbocycles. The van der Waals surface area contributed by atoms with E-state index in [1.807, 2.05) is 13.8 Å². The Morgan fingerprint density at radius 1 is 1.31 bits per heavy atom. The average molecular weight is 360 g/mol. The van der Waals surface area contributed by atoms with E-state index in [-0.39, 0.29) is 23.0 Å². The van der Waals surface area contributed by atoms with E-state index in [0.717, 1.165) is 12.0 Å². The Labute approximate surface area is 154 Å². The van der Waals surface area contributed by atoms with Crippen molar-refractivity contribution in [2.24, 2.45) is 5.92 Å². The number of aromatic hydroxyl groups is 2. The normalized spacial score (nSPS) is 21.1. The lowest BCUT2D eigenvalue weighted by molar-refractivity contribution is -0.133. The first-order chi connectivity index (χ1) is 12.2. The van der Waals surface area contributed by atoms with Crippen LogP contribution in [-0.2, 0) is 11.2 Å². The molecule has 1 aliphatic carbocycles. The van der Waals surface area contributed by atoms with Gasteiger partial charge in [-0.05, 0) is 56.2 Å². The summed E-state index contributed by atoms with van der Waals surface area (Å²) in [6, 6.07) is 3.10. The van der Waals surface area contributed by atoms with Crippen LogP contribution in [0.15, 0.2) is 35.9 Å². The molecule has 1 aliphatic rings. The minimum Gasteiger partial charge on any atom is -0.507 e. The fraction of sp³-hybridized carbons (Fsp3) is 0.476. The van der Waals surface area contributed by atoms with E-state index in [2.05, 4.69) is 6.58 Å². The van der Waals surface area contributed by atoms with E-state index in [1.54, 1.807) is 18.2 Å². The third kappa shape index (κ3) is 4.47. The first-order valence-electron chi connectivity index (χ1n) is 9.06. The fourth-order valence-corrected chi connectivity index (χ4v) is 3.77. The highest BCUT2D eigenvalue weighted by molar-refractivity contribution is 5.87. The number of carboxylic acid groups (broad SMARTS) is 1. The third-order valence-electron chi connectivity index (χ3n) is 5.07. The SMILES string of the molecule is C=C(C)[C@@H]1CCC(C(=O)O)=CC1c1c(O)cc(CC(O)CCC)cc1O. The molecule has 0 aliphatic heterocycles. The molecule has 0 bridgehead atoms. The van der Waals surface area contributed by atoms with E-state index in [9.17, 15) is 25.2 Å². The molecular formula is C21H28O5. The Balaban J connectivity index is 2.42. The molecule has 2 unspecified atom stereocenters. The van der Waals surface area contributed by atoms with Crippen LogP contribution in [0.1, 0.15) is 56.6 Å². The van der Waals surface area contributed by atoms with Gasteiger partial charge in [-0.1, -0.05) is 31.6 Å². The molecule has 0 aromatic heterocycles. The lowest BCUT2D eigenvalue weighted by Gasteiger charge is -2.31. The zero-order chi connectivity index (χ0) is 19.4. The van der Waals surface area contributed by atoms with Gasteiger partial charge in [0, 0.05) is 17.1 Å². The van der Waals surface area contributed by atoms with Gasteiger partial charge in [0.15, 0.2) is 0 Å². The summed E-state index contributed by atoms with van der Waals surface area (Å²) in [5.41, 5.74) is 2.14. The quantitative estimate of drug-likeness (QED) is 0.553. The summed E-state index contributed by atoms with van der Waals surface area (Å²) >= 11 is 0. The van der Waals surface area contributed by atoms with Crippen molar-refractivity contribution in [1.82, 2.24) is 0 Å². The van der Waals surface area contributed by atoms with Gasteiger partial charge in [0.05, 0.1) is 6.10 Å². The van der Waals surface area contributed by atoms with Crippen LogP contribution in [0.5, 0.6) is 11.5 Å². The van der Waals surface area contributed by atoms with Crippen molar-refractivity contribution >= 4 is 5.97 Å². The molecule has 3 atom stereocenters. The lowest BCUT2D eigenvalue weighted by atomic mass is 9.73. The van der Waals surface area contributed by atoms with Gasteiger partial charge in [-0.25, -0.2) is 4.79 Å². The van der Waals surface area contributed by atoms with Crippen molar-refractivity contribution in [2.45, 2.75) is 58.0 Å². The van der Waals surface area contributed by atoms with E-state index < -0.39 is 18.0 Å². The van der Waals surface area contributed by atoms with Gasteiger partial charge < -0.3 is 20.4 Å². The van der Waals surface area contributed by atoms with Gasteiger partial charge in [0.25, 0.3) is 0 Å². The average Bonchev–Trinajstić information content (AvgIpc) is 2.53. The second-order valence-electron chi connectivity index (χ2n) is 7.21. The number of aliphatic hydroxyl groups excluding tert-OH is 1. The van der Waals surface area contributed by atoms with Crippen LogP contribution in [0.25, 0.3) is 0 Å². The summed E-state index contributed by atoms with van der Waals surface area (Å²) in [5.74, 6) is -1.63. The number of phenolic OH excluding ortho intramolecular Hbond substituents is 2. The summed E-state index contributed by atoms with van der Waals surface area (Å²) in [4.78, 5) is 11.4. The van der Waals surface area contributed by atoms with Crippen molar-refractivity contribution in [2.75, 3.05) is 0 Å². The molecule has 142 valence electrons. The van der Waals surface area contributed by atoms with Crippen LogP contribution in [0, 0.1) is 5.92 Å². The van der Waals surface area contributed by atoms with Crippen LogP contribution in [0.4, 0.5) is 0 Å². The Hall–Kier alpha value is -2.27. The van der Waals surface area contributed by atoms with Crippen molar-refractivity contribution < 1.29 is 25.2 Å². The molecular weight excluding hydrogens is 332 g/mol. The number of benzene rings is 1. The maximum atomic E-state index is 11.4. The molecule has 0 heterocycles. The van der Waals surface area contributed by atoms with Crippen LogP contribution < -0.4 is 0 Å². The van der Waals surface area contributed by atoms with Crippen LogP contribution in [0.2, 0.25) is 0 Å². The number of allylic oxidation sites excluding steroid dienone is 2. The second-order valence-corrected chi connectivity index (χ2v) is 7.21. The topological polar surface area (TPSA) is 98.0 Å². The first-order valence-corrected chi connectivity index (χ1v) is 9.06. The van der Waals surface area contributed by atoms with Gasteiger partial charge in [0.2, 0.25) is 0 Å². The van der Waals surface area contributed by atoms with Crippen LogP contribution in [-0.4, -0.2) is 32.5 Å². The zero-order valence-electron chi connectivity index (χ0n) is 15.4. The van der Waals surface area contributed by atoms with Gasteiger partial charge in [0.1, 0.15) is 11.5 Å². The molecule has 4 N–H and O–H groups in total. The standard InChI is InChI=1S/C21H28O5/c1-4-5-15(22)8-13-9-18(23)20(19(24)10-13)17-11-14(21(25)26)6-7-16(17)12(2)3/h9-11,15-17,22-24H,2,4-8H2,1,3H3,(H,25,26)/t15?,16-,17?/m0/s1. The third-order valence-corrected chi connectivity index (χ3v) is 5.07. The van der Waals surface area contributed by atoms with Gasteiger partial charge in [-0.3, -0.25) is 0 Å². The first kappa shape index (κ1) is 20.0. The number of hydrogen-bond acceptors (Lipinski definition) is 4. The van der Waals surface area contributed by atoms with E-state index in [4.69, 9.17) is 0 Å². The van der Waals surface area contributed by atoms with Gasteiger partial charge in [-0.15, -0.1) is 0 Å². The summed E-state index contributed by atoms with van der Waals surface area (Å²) < 4.78 is 0. The molecule has 0 spiro atoms. The molecule has 5 heteroatoms. The minimum atomic E-state index is -0.978. The number of carboxylic acids is 1. The maximum absolute atomic E-state index is 11.4. The predicted molar refractivity (Wildman–Crippen MR) is 100 cm³/mol. The molecule has 26 heavy (non-hydrogen) atoms. The number of rotatable bonds is 7. The molecule has 0 fully saturated rings.